The molecule has 0 saturated carbocycles. The number of aryl methyl sites for hydroxylation is 1. The highest BCUT2D eigenvalue weighted by molar-refractivity contribution is 6.30. The summed E-state index contributed by atoms with van der Waals surface area (Å²) in [5.74, 6) is -6.41. The zero-order valence-electron chi connectivity index (χ0n) is 18.6. The predicted octanol–water partition coefficient (Wildman–Crippen LogP) is 3.72. The molecule has 2 N–H and O–H groups in total. The molecule has 1 unspecified atom stereocenters. The highest BCUT2D eigenvalue weighted by Crippen LogP contribution is 2.45. The molecule has 192 valence electrons. The van der Waals surface area contributed by atoms with Gasteiger partial charge in [-0.15, -0.1) is 0 Å². The second-order valence-corrected chi connectivity index (χ2v) is 8.77. The maximum absolute atomic E-state index is 13.5. The highest BCUT2D eigenvalue weighted by Gasteiger charge is 2.56. The van der Waals surface area contributed by atoms with Crippen LogP contribution in [0.3, 0.4) is 0 Å². The number of halogens is 6. The minimum absolute atomic E-state index is 0.0305. The maximum Gasteiger partial charge on any atom is 0.453 e. The van der Waals surface area contributed by atoms with E-state index in [1.165, 1.54) is 31.5 Å². The smallest absolute Gasteiger partial charge is 0.453 e. The average Bonchev–Trinajstić information content (AvgIpc) is 3.40. The van der Waals surface area contributed by atoms with Gasteiger partial charge in [0.05, 0.1) is 28.2 Å². The molecule has 0 spiro atoms. The average molecular weight is 541 g/mol. The number of amides is 1. The minimum Gasteiger partial charge on any atom is -0.493 e. The van der Waals surface area contributed by atoms with Crippen LogP contribution >= 0.6 is 11.6 Å². The standard InChI is InChI=1S/C21H14ClF5N8O2/c1-19(12-3-2-9(22)6-28-12)13-15(34-18(19)37)32-14(33-17(13)36)11-7-35-16(29-8-30-35)10(31-11)4-5-20(23,24)21(25,26)27/h2-3,6-8H,4-5H2,1H3,(H2,32,33,34,36,37). The molecule has 0 bridgehead atoms. The second-order valence-electron chi connectivity index (χ2n) is 8.34. The number of hydrogen-bond acceptors (Lipinski definition) is 8. The molecule has 1 aliphatic rings. The van der Waals surface area contributed by atoms with Crippen molar-refractivity contribution in [3.8, 4) is 17.4 Å². The zero-order chi connectivity index (χ0) is 26.8. The van der Waals surface area contributed by atoms with Crippen LogP contribution < -0.4 is 5.32 Å². The normalized spacial score (nSPS) is 17.8. The van der Waals surface area contributed by atoms with Gasteiger partial charge in [0.15, 0.2) is 11.5 Å². The molecule has 16 heteroatoms. The van der Waals surface area contributed by atoms with Crippen LogP contribution in [0.15, 0.2) is 30.9 Å². The summed E-state index contributed by atoms with van der Waals surface area (Å²) >= 11 is 5.88. The van der Waals surface area contributed by atoms with Gasteiger partial charge in [-0.3, -0.25) is 9.78 Å². The third kappa shape index (κ3) is 3.98. The molecule has 10 nitrogen and oxygen atoms in total. The molecule has 1 amide bonds. The number of aromatic nitrogens is 7. The van der Waals surface area contributed by atoms with Gasteiger partial charge in [0.1, 0.15) is 23.3 Å². The van der Waals surface area contributed by atoms with E-state index in [9.17, 15) is 31.9 Å². The first-order valence-electron chi connectivity index (χ1n) is 10.5. The Labute approximate surface area is 208 Å². The van der Waals surface area contributed by atoms with Crippen LogP contribution in [0.2, 0.25) is 5.02 Å². The molecule has 5 rings (SSSR count). The van der Waals surface area contributed by atoms with E-state index >= 15 is 0 Å². The van der Waals surface area contributed by atoms with Crippen molar-refractivity contribution >= 4 is 29.0 Å². The van der Waals surface area contributed by atoms with E-state index in [-0.39, 0.29) is 39.9 Å². The lowest BCUT2D eigenvalue weighted by Gasteiger charge is -2.21. The Balaban J connectivity index is 1.57. The topological polar surface area (TPSA) is 131 Å². The fourth-order valence-electron chi connectivity index (χ4n) is 3.96. The minimum atomic E-state index is -5.73. The molecule has 4 aromatic rings. The molecule has 1 aliphatic heterocycles. The van der Waals surface area contributed by atoms with Crippen molar-refractivity contribution in [1.29, 1.82) is 0 Å². The maximum atomic E-state index is 13.5. The van der Waals surface area contributed by atoms with Gasteiger partial charge in [-0.2, -0.15) is 32.0 Å². The first-order chi connectivity index (χ1) is 17.3. The molecule has 5 heterocycles. The molecule has 0 aliphatic carbocycles. The Kier molecular flexibility index (Phi) is 5.51. The lowest BCUT2D eigenvalue weighted by Crippen LogP contribution is -2.36. The number of rotatable bonds is 5. The quantitative estimate of drug-likeness (QED) is 0.366. The number of aromatic hydroxyl groups is 1. The molecule has 0 radical (unpaired) electrons. The first kappa shape index (κ1) is 24.7. The molecule has 4 aromatic heterocycles. The van der Waals surface area contributed by atoms with Crippen LogP contribution in [0.5, 0.6) is 5.88 Å². The van der Waals surface area contributed by atoms with Crippen molar-refractivity contribution in [2.75, 3.05) is 5.32 Å². The number of nitrogens with one attached hydrogen (secondary N) is 1. The summed E-state index contributed by atoms with van der Waals surface area (Å²) < 4.78 is 66.1. The van der Waals surface area contributed by atoms with Crippen molar-refractivity contribution in [1.82, 2.24) is 34.5 Å². The van der Waals surface area contributed by atoms with Crippen molar-refractivity contribution in [3.63, 3.8) is 0 Å². The van der Waals surface area contributed by atoms with E-state index in [0.717, 1.165) is 10.8 Å². The van der Waals surface area contributed by atoms with Gasteiger partial charge >= 0.3 is 12.1 Å². The number of hydrogen-bond donors (Lipinski definition) is 2. The van der Waals surface area contributed by atoms with Crippen molar-refractivity contribution in [2.45, 2.75) is 37.3 Å². The first-order valence-corrected chi connectivity index (χ1v) is 10.9. The van der Waals surface area contributed by atoms with E-state index in [1.807, 2.05) is 0 Å². The van der Waals surface area contributed by atoms with Gasteiger partial charge in [0, 0.05) is 12.6 Å². The highest BCUT2D eigenvalue weighted by atomic mass is 35.5. The van der Waals surface area contributed by atoms with Crippen LogP contribution in [0.1, 0.15) is 30.3 Å². The van der Waals surface area contributed by atoms with Crippen molar-refractivity contribution in [2.24, 2.45) is 0 Å². The summed E-state index contributed by atoms with van der Waals surface area (Å²) in [4.78, 5) is 33.3. The van der Waals surface area contributed by atoms with Crippen LogP contribution in [-0.4, -0.2) is 57.6 Å². The van der Waals surface area contributed by atoms with E-state index in [0.29, 0.717) is 5.02 Å². The lowest BCUT2D eigenvalue weighted by molar-refractivity contribution is -0.284. The number of fused-ring (bicyclic) bond motifs is 2. The van der Waals surface area contributed by atoms with E-state index < -0.39 is 42.1 Å². The van der Waals surface area contributed by atoms with Gasteiger partial charge in [-0.25, -0.2) is 19.5 Å². The molecule has 0 saturated heterocycles. The van der Waals surface area contributed by atoms with Crippen LogP contribution in [0, 0.1) is 0 Å². The molecular formula is C21H14ClF5N8O2. The predicted molar refractivity (Wildman–Crippen MR) is 117 cm³/mol. The van der Waals surface area contributed by atoms with Gasteiger partial charge < -0.3 is 10.4 Å². The number of alkyl halides is 5. The number of nitrogens with zero attached hydrogens (tertiary/aromatic N) is 7. The Bertz CT molecular complexity index is 1540. The zero-order valence-corrected chi connectivity index (χ0v) is 19.3. The SMILES string of the molecule is CC1(c2ccc(Cl)cn2)C(=O)Nc2nc(-c3cn4ncnc4c(CCC(F)(F)C(F)(F)F)n3)nc(O)c21. The summed E-state index contributed by atoms with van der Waals surface area (Å²) in [6.45, 7) is 1.51. The van der Waals surface area contributed by atoms with E-state index in [4.69, 9.17) is 11.6 Å². The largest absolute Gasteiger partial charge is 0.493 e. The van der Waals surface area contributed by atoms with Gasteiger partial charge in [-0.05, 0) is 25.5 Å². The van der Waals surface area contributed by atoms with Crippen LogP contribution in [0.4, 0.5) is 27.8 Å². The monoisotopic (exact) mass is 540 g/mol. The molecule has 0 aromatic carbocycles. The Morgan fingerprint density at radius 3 is 2.57 bits per heavy atom. The molecule has 1 atom stereocenters. The third-order valence-electron chi connectivity index (χ3n) is 5.97. The van der Waals surface area contributed by atoms with Crippen molar-refractivity contribution in [3.05, 3.63) is 52.8 Å². The number of carbonyl (C=O) groups is 1. The molecule has 37 heavy (non-hydrogen) atoms. The van der Waals surface area contributed by atoms with E-state index in [2.05, 4.69) is 35.3 Å². The molecular weight excluding hydrogens is 527 g/mol. The van der Waals surface area contributed by atoms with Crippen LogP contribution in [0.25, 0.3) is 17.2 Å². The lowest BCUT2D eigenvalue weighted by atomic mass is 9.81. The van der Waals surface area contributed by atoms with Crippen LogP contribution in [-0.2, 0) is 16.6 Å². The fraction of sp³-hybridized carbons (Fsp3) is 0.286. The van der Waals surface area contributed by atoms with Crippen molar-refractivity contribution < 1.29 is 31.9 Å². The Hall–Kier alpha value is -4.01. The summed E-state index contributed by atoms with van der Waals surface area (Å²) in [6, 6.07) is 3.03. The summed E-state index contributed by atoms with van der Waals surface area (Å²) in [5.41, 5.74) is -1.56. The Morgan fingerprint density at radius 2 is 1.89 bits per heavy atom. The van der Waals surface area contributed by atoms with Gasteiger partial charge in [0.2, 0.25) is 11.8 Å². The van der Waals surface area contributed by atoms with Gasteiger partial charge in [0.25, 0.3) is 0 Å². The molecule has 0 fully saturated rings. The Morgan fingerprint density at radius 1 is 1.14 bits per heavy atom. The summed E-state index contributed by atoms with van der Waals surface area (Å²) in [6.07, 6.45) is -4.44. The summed E-state index contributed by atoms with van der Waals surface area (Å²) in [5, 5.41) is 17.6. The third-order valence-corrected chi connectivity index (χ3v) is 6.19. The summed E-state index contributed by atoms with van der Waals surface area (Å²) in [7, 11) is 0. The van der Waals surface area contributed by atoms with Gasteiger partial charge in [-0.1, -0.05) is 11.6 Å². The number of pyridine rings is 1. The number of anilines is 1. The fourth-order valence-corrected chi connectivity index (χ4v) is 4.07. The second kappa shape index (κ2) is 8.26. The van der Waals surface area contributed by atoms with E-state index in [1.54, 1.807) is 0 Å². The number of carbonyl (C=O) groups excluding carboxylic acids is 1.